The van der Waals surface area contributed by atoms with E-state index in [9.17, 15) is 4.79 Å². The minimum atomic E-state index is -0.754. The van der Waals surface area contributed by atoms with E-state index in [0.717, 1.165) is 0 Å². The van der Waals surface area contributed by atoms with Crippen molar-refractivity contribution in [1.82, 2.24) is 4.41 Å². The van der Waals surface area contributed by atoms with Gasteiger partial charge in [-0.15, -0.1) is 0 Å². The molecule has 1 rings (SSSR count). The minimum Gasteiger partial charge on any atom is -0.481 e. The maximum Gasteiger partial charge on any atom is 0.308 e. The van der Waals surface area contributed by atoms with Crippen molar-refractivity contribution in [1.29, 1.82) is 0 Å². The Bertz CT molecular complexity index is 130. The monoisotopic (exact) mass is 148 g/mol. The third-order valence-electron chi connectivity index (χ3n) is 1.19. The summed E-state index contributed by atoms with van der Waals surface area (Å²) in [6, 6.07) is 0. The molecule has 0 bridgehead atoms. The smallest absolute Gasteiger partial charge is 0.308 e. The molecular formula is C4H8N2O2S. The predicted molar refractivity (Wildman–Crippen MR) is 34.5 cm³/mol. The molecular weight excluding hydrogens is 140 g/mol. The van der Waals surface area contributed by atoms with Crippen molar-refractivity contribution in [3.05, 3.63) is 0 Å². The molecule has 0 saturated carbocycles. The fraction of sp³-hybridized carbons (Fsp3) is 0.750. The summed E-state index contributed by atoms with van der Waals surface area (Å²) in [5.41, 5.74) is 0. The summed E-state index contributed by atoms with van der Waals surface area (Å²) >= 11 is 1.36. The maximum atomic E-state index is 10.3. The molecule has 0 radical (unpaired) electrons. The molecule has 52 valence electrons. The molecule has 1 aliphatic heterocycles. The summed E-state index contributed by atoms with van der Waals surface area (Å²) in [6.45, 7) is 0.458. The first-order chi connectivity index (χ1) is 4.20. The normalized spacial score (nSPS) is 28.8. The molecule has 1 saturated heterocycles. The number of carboxylic acids is 1. The SMILES string of the molecule is NN1C[C@@H](C(=O)O)CS1. The maximum absolute atomic E-state index is 10.3. The van der Waals surface area contributed by atoms with Crippen molar-refractivity contribution >= 4 is 17.9 Å². The van der Waals surface area contributed by atoms with Gasteiger partial charge >= 0.3 is 5.97 Å². The van der Waals surface area contributed by atoms with Gasteiger partial charge in [-0.05, 0) is 0 Å². The van der Waals surface area contributed by atoms with Crippen LogP contribution in [-0.2, 0) is 4.79 Å². The van der Waals surface area contributed by atoms with Crippen LogP contribution in [0.5, 0.6) is 0 Å². The Balaban J connectivity index is 2.39. The Labute approximate surface area is 57.1 Å². The second-order valence-electron chi connectivity index (χ2n) is 1.93. The molecule has 3 N–H and O–H groups in total. The lowest BCUT2D eigenvalue weighted by atomic mass is 10.2. The average Bonchev–Trinajstić information content (AvgIpc) is 2.14. The number of hydrogen-bond donors (Lipinski definition) is 2. The lowest BCUT2D eigenvalue weighted by molar-refractivity contribution is -0.140. The van der Waals surface area contributed by atoms with E-state index in [4.69, 9.17) is 10.9 Å². The van der Waals surface area contributed by atoms with Gasteiger partial charge in [0.2, 0.25) is 0 Å². The molecule has 0 aromatic rings. The number of hydrogen-bond acceptors (Lipinski definition) is 4. The van der Waals surface area contributed by atoms with Gasteiger partial charge in [-0.1, -0.05) is 11.9 Å². The first kappa shape index (κ1) is 6.85. The lowest BCUT2D eigenvalue weighted by Gasteiger charge is -2.02. The molecule has 0 aliphatic carbocycles. The van der Waals surface area contributed by atoms with Gasteiger partial charge in [-0.25, -0.2) is 0 Å². The van der Waals surface area contributed by atoms with Gasteiger partial charge in [-0.2, -0.15) is 4.41 Å². The van der Waals surface area contributed by atoms with Gasteiger partial charge in [0.25, 0.3) is 0 Å². The van der Waals surface area contributed by atoms with Crippen molar-refractivity contribution in [3.63, 3.8) is 0 Å². The number of carbonyl (C=O) groups is 1. The fourth-order valence-corrected chi connectivity index (χ4v) is 1.56. The number of aliphatic carboxylic acids is 1. The van der Waals surface area contributed by atoms with Gasteiger partial charge in [0, 0.05) is 12.3 Å². The summed E-state index contributed by atoms with van der Waals surface area (Å²) in [6.07, 6.45) is 0. The van der Waals surface area contributed by atoms with Crippen LogP contribution >= 0.6 is 11.9 Å². The van der Waals surface area contributed by atoms with Gasteiger partial charge in [0.15, 0.2) is 0 Å². The Morgan fingerprint density at radius 1 is 1.89 bits per heavy atom. The van der Waals surface area contributed by atoms with Crippen LogP contribution in [0.25, 0.3) is 0 Å². The molecule has 5 heteroatoms. The Hall–Kier alpha value is -0.260. The van der Waals surface area contributed by atoms with Crippen LogP contribution < -0.4 is 5.84 Å². The van der Waals surface area contributed by atoms with E-state index in [0.29, 0.717) is 12.3 Å². The highest BCUT2D eigenvalue weighted by Gasteiger charge is 2.26. The van der Waals surface area contributed by atoms with E-state index in [1.165, 1.54) is 16.4 Å². The summed E-state index contributed by atoms with van der Waals surface area (Å²) in [5, 5.41) is 8.44. The predicted octanol–water partition coefficient (Wildman–Crippen LogP) is -0.475. The number of hydrazine groups is 1. The zero-order valence-electron chi connectivity index (χ0n) is 4.78. The lowest BCUT2D eigenvalue weighted by Crippen LogP contribution is -2.25. The van der Waals surface area contributed by atoms with Crippen molar-refractivity contribution in [2.24, 2.45) is 11.8 Å². The molecule has 1 atom stereocenters. The van der Waals surface area contributed by atoms with Crippen LogP contribution in [0, 0.1) is 5.92 Å². The third-order valence-corrected chi connectivity index (χ3v) is 2.22. The number of nitrogens with zero attached hydrogens (tertiary/aromatic N) is 1. The molecule has 0 unspecified atom stereocenters. The zero-order valence-corrected chi connectivity index (χ0v) is 5.60. The van der Waals surface area contributed by atoms with E-state index in [-0.39, 0.29) is 5.92 Å². The van der Waals surface area contributed by atoms with Gasteiger partial charge < -0.3 is 5.11 Å². The molecule has 1 fully saturated rings. The molecule has 1 heterocycles. The van der Waals surface area contributed by atoms with E-state index in [1.807, 2.05) is 0 Å². The van der Waals surface area contributed by atoms with Crippen LogP contribution in [-0.4, -0.2) is 27.8 Å². The quantitative estimate of drug-likeness (QED) is 0.388. The second kappa shape index (κ2) is 2.55. The molecule has 0 spiro atoms. The van der Waals surface area contributed by atoms with Crippen LogP contribution in [0.15, 0.2) is 0 Å². The van der Waals surface area contributed by atoms with E-state index in [2.05, 4.69) is 0 Å². The Kier molecular flexibility index (Phi) is 1.94. The van der Waals surface area contributed by atoms with Crippen molar-refractivity contribution in [3.8, 4) is 0 Å². The second-order valence-corrected chi connectivity index (χ2v) is 2.99. The van der Waals surface area contributed by atoms with Crippen molar-refractivity contribution in [2.45, 2.75) is 0 Å². The van der Waals surface area contributed by atoms with Crippen LogP contribution in [0.3, 0.4) is 0 Å². The first-order valence-electron chi connectivity index (χ1n) is 2.58. The molecule has 0 aromatic carbocycles. The van der Waals surface area contributed by atoms with Gasteiger partial charge in [-0.3, -0.25) is 10.6 Å². The van der Waals surface area contributed by atoms with Crippen molar-refractivity contribution in [2.75, 3.05) is 12.3 Å². The zero-order chi connectivity index (χ0) is 6.85. The largest absolute Gasteiger partial charge is 0.481 e. The number of nitrogens with two attached hydrogens (primary N) is 1. The summed E-state index contributed by atoms with van der Waals surface area (Å²) in [5.74, 6) is 4.87. The minimum absolute atomic E-state index is 0.278. The molecule has 0 amide bonds. The molecule has 0 aromatic heterocycles. The Morgan fingerprint density at radius 2 is 2.56 bits per heavy atom. The van der Waals surface area contributed by atoms with E-state index >= 15 is 0 Å². The van der Waals surface area contributed by atoms with Gasteiger partial charge in [0.05, 0.1) is 5.92 Å². The first-order valence-corrected chi connectivity index (χ1v) is 3.52. The molecule has 4 nitrogen and oxygen atoms in total. The Morgan fingerprint density at radius 3 is 2.78 bits per heavy atom. The van der Waals surface area contributed by atoms with Crippen LogP contribution in [0.2, 0.25) is 0 Å². The average molecular weight is 148 g/mol. The van der Waals surface area contributed by atoms with Crippen LogP contribution in [0.4, 0.5) is 0 Å². The topological polar surface area (TPSA) is 66.6 Å². The van der Waals surface area contributed by atoms with E-state index < -0.39 is 5.97 Å². The van der Waals surface area contributed by atoms with Crippen LogP contribution in [0.1, 0.15) is 0 Å². The van der Waals surface area contributed by atoms with Gasteiger partial charge in [0.1, 0.15) is 0 Å². The molecule has 1 aliphatic rings. The highest BCUT2D eigenvalue weighted by molar-refractivity contribution is 7.97. The fourth-order valence-electron chi connectivity index (χ4n) is 0.658. The highest BCUT2D eigenvalue weighted by atomic mass is 32.2. The summed E-state index contributed by atoms with van der Waals surface area (Å²) < 4.78 is 1.46. The standard InChI is InChI=1S/C4H8N2O2S/c5-6-1-3(2-9-6)4(7)8/h3H,1-2,5H2,(H,7,8)/t3-/m1/s1. The number of rotatable bonds is 1. The number of carboxylic acid groups (broad SMARTS) is 1. The van der Waals surface area contributed by atoms with Crippen molar-refractivity contribution < 1.29 is 9.90 Å². The summed E-state index contributed by atoms with van der Waals surface area (Å²) in [4.78, 5) is 10.3. The third kappa shape index (κ3) is 1.57. The molecule has 9 heavy (non-hydrogen) atoms. The summed E-state index contributed by atoms with van der Waals surface area (Å²) in [7, 11) is 0. The highest BCUT2D eigenvalue weighted by Crippen LogP contribution is 2.20. The van der Waals surface area contributed by atoms with E-state index in [1.54, 1.807) is 0 Å².